The first-order valence-corrected chi connectivity index (χ1v) is 23.5. The van der Waals surface area contributed by atoms with Gasteiger partial charge in [0.1, 0.15) is 0 Å². The molecule has 0 aromatic heterocycles. The Morgan fingerprint density at radius 3 is 1.46 bits per heavy atom. The van der Waals surface area contributed by atoms with Gasteiger partial charge in [-0.25, -0.2) is 0 Å². The quantitative estimate of drug-likeness (QED) is 0.157. The van der Waals surface area contributed by atoms with Gasteiger partial charge in [0.15, 0.2) is 0 Å². The van der Waals surface area contributed by atoms with Crippen molar-refractivity contribution in [3.8, 4) is 66.8 Å². The molecule has 0 aliphatic heterocycles. The molecule has 9 aromatic rings. The molecule has 0 saturated carbocycles. The van der Waals surface area contributed by atoms with Crippen molar-refractivity contribution in [3.63, 3.8) is 0 Å². The van der Waals surface area contributed by atoms with Crippen LogP contribution in [0, 0.1) is 20.8 Å². The van der Waals surface area contributed by atoms with Gasteiger partial charge in [-0.15, -0.1) is 0 Å². The number of fused-ring (bicyclic) bond motifs is 9. The van der Waals surface area contributed by atoms with E-state index in [4.69, 9.17) is 0 Å². The molecule has 2 atom stereocenters. The Labute approximate surface area is 385 Å². The third-order valence-electron chi connectivity index (χ3n) is 15.8. The first-order valence-electron chi connectivity index (χ1n) is 23.5. The molecule has 12 rings (SSSR count). The van der Waals surface area contributed by atoms with E-state index in [1.54, 1.807) is 0 Å². The molecular weight excluding hydrogens is 781 g/mol. The van der Waals surface area contributed by atoms with Crippen molar-refractivity contribution >= 4 is 0 Å². The fourth-order valence-corrected chi connectivity index (χ4v) is 12.4. The van der Waals surface area contributed by atoms with Crippen LogP contribution in [0.4, 0.5) is 0 Å². The van der Waals surface area contributed by atoms with Crippen molar-refractivity contribution in [1.82, 2.24) is 0 Å². The van der Waals surface area contributed by atoms with Gasteiger partial charge in [0, 0.05) is 16.2 Å². The van der Waals surface area contributed by atoms with Crippen LogP contribution in [-0.2, 0) is 22.7 Å². The third kappa shape index (κ3) is 5.82. The Morgan fingerprint density at radius 2 is 0.785 bits per heavy atom. The second kappa shape index (κ2) is 14.2. The largest absolute Gasteiger partial charge is 0.0619 e. The molecule has 0 saturated heterocycles. The van der Waals surface area contributed by atoms with Gasteiger partial charge in [-0.3, -0.25) is 0 Å². The highest BCUT2D eigenvalue weighted by Gasteiger charge is 2.46. The van der Waals surface area contributed by atoms with E-state index >= 15 is 0 Å². The summed E-state index contributed by atoms with van der Waals surface area (Å²) in [5.74, 6) is 0. The zero-order valence-electron chi connectivity index (χ0n) is 38.6. The van der Waals surface area contributed by atoms with E-state index in [9.17, 15) is 0 Å². The van der Waals surface area contributed by atoms with Crippen LogP contribution in [0.2, 0.25) is 0 Å². The maximum Gasteiger partial charge on any atom is 0.0441 e. The van der Waals surface area contributed by atoms with Crippen LogP contribution < -0.4 is 0 Å². The van der Waals surface area contributed by atoms with Gasteiger partial charge in [0.25, 0.3) is 0 Å². The fraction of sp³-hybridized carbons (Fsp3) is 0.169. The standard InChI is InChI=1S/C65H54/c1-40-19-26-44(27-20-40)47-32-34-59-54(36-47)50-14-9-11-18-58(50)65(59,7)61-38-55-49-13-8-10-17-57(49)64(6,60(55)37-52(61)46-30-23-42(3)24-31-46)39-43-25-33-56-53(35-43)51-16-12-15-48(62(51)63(56,4)5)45-28-21-41(2)22-29-45/h8-38H,39H2,1-7H3. The second-order valence-electron chi connectivity index (χ2n) is 20.3. The van der Waals surface area contributed by atoms with E-state index in [2.05, 4.69) is 237 Å². The van der Waals surface area contributed by atoms with Crippen LogP contribution in [0.5, 0.6) is 0 Å². The van der Waals surface area contributed by atoms with Crippen LogP contribution in [0.3, 0.4) is 0 Å². The lowest BCUT2D eigenvalue weighted by molar-refractivity contribution is 0.582. The normalized spacial score (nSPS) is 18.1. The highest BCUT2D eigenvalue weighted by Crippen LogP contribution is 2.59. The lowest BCUT2D eigenvalue weighted by Gasteiger charge is -2.33. The predicted octanol–water partition coefficient (Wildman–Crippen LogP) is 16.8. The summed E-state index contributed by atoms with van der Waals surface area (Å²) in [7, 11) is 0. The van der Waals surface area contributed by atoms with Crippen LogP contribution in [0.15, 0.2) is 188 Å². The number of benzene rings is 9. The molecule has 0 radical (unpaired) electrons. The summed E-state index contributed by atoms with van der Waals surface area (Å²) < 4.78 is 0. The maximum absolute atomic E-state index is 2.60. The van der Waals surface area contributed by atoms with Crippen LogP contribution in [0.1, 0.15) is 88.9 Å². The summed E-state index contributed by atoms with van der Waals surface area (Å²) in [5, 5.41) is 0. The van der Waals surface area contributed by atoms with E-state index in [0.717, 1.165) is 6.42 Å². The van der Waals surface area contributed by atoms with E-state index < -0.39 is 5.41 Å². The molecule has 3 aliphatic carbocycles. The topological polar surface area (TPSA) is 0 Å². The Hall–Kier alpha value is -7.02. The van der Waals surface area contributed by atoms with Crippen molar-refractivity contribution in [2.24, 2.45) is 0 Å². The zero-order valence-corrected chi connectivity index (χ0v) is 38.6. The van der Waals surface area contributed by atoms with Gasteiger partial charge in [-0.05, 0) is 164 Å². The summed E-state index contributed by atoms with van der Waals surface area (Å²) in [5.41, 5.74) is 30.0. The molecule has 0 N–H and O–H groups in total. The first kappa shape index (κ1) is 39.6. The molecule has 0 bridgehead atoms. The molecule has 0 heterocycles. The summed E-state index contributed by atoms with van der Waals surface area (Å²) in [6, 6.07) is 72.4. The Morgan fingerprint density at radius 1 is 0.308 bits per heavy atom. The minimum Gasteiger partial charge on any atom is -0.0619 e. The summed E-state index contributed by atoms with van der Waals surface area (Å²) in [6.07, 6.45) is 0.898. The van der Waals surface area contributed by atoms with Gasteiger partial charge < -0.3 is 0 Å². The van der Waals surface area contributed by atoms with Crippen molar-refractivity contribution in [1.29, 1.82) is 0 Å². The van der Waals surface area contributed by atoms with Gasteiger partial charge in [-0.2, -0.15) is 0 Å². The van der Waals surface area contributed by atoms with Crippen molar-refractivity contribution in [2.75, 3.05) is 0 Å². The zero-order chi connectivity index (χ0) is 44.4. The number of aryl methyl sites for hydroxylation is 3. The van der Waals surface area contributed by atoms with E-state index in [1.807, 2.05) is 0 Å². The molecular formula is C65H54. The van der Waals surface area contributed by atoms with E-state index in [0.29, 0.717) is 0 Å². The Balaban J connectivity index is 1.03. The molecule has 65 heavy (non-hydrogen) atoms. The SMILES string of the molecule is Cc1ccc(-c2ccc3c(c2)-c2ccccc2C3(C)c2cc3c(cc2-c2ccc(C)cc2)C(C)(Cc2ccc4c(c2)-c2cccc(-c5ccc(C)cc5)c2C4(C)C)c2ccccc2-3)cc1. The fourth-order valence-electron chi connectivity index (χ4n) is 12.4. The third-order valence-corrected chi connectivity index (χ3v) is 15.8. The average Bonchev–Trinajstić information content (AvgIpc) is 3.83. The molecule has 0 spiro atoms. The van der Waals surface area contributed by atoms with Gasteiger partial charge in [-0.1, -0.05) is 207 Å². The number of rotatable bonds is 6. The summed E-state index contributed by atoms with van der Waals surface area (Å²) in [6.45, 7) is 16.3. The molecule has 0 fully saturated rings. The lowest BCUT2D eigenvalue weighted by Crippen LogP contribution is -2.26. The van der Waals surface area contributed by atoms with E-state index in [-0.39, 0.29) is 10.8 Å². The molecule has 314 valence electrons. The number of hydrogen-bond donors (Lipinski definition) is 0. The predicted molar refractivity (Wildman–Crippen MR) is 274 cm³/mol. The minimum atomic E-state index is -0.390. The summed E-state index contributed by atoms with van der Waals surface area (Å²) >= 11 is 0. The smallest absolute Gasteiger partial charge is 0.0441 e. The highest BCUT2D eigenvalue weighted by atomic mass is 14.5. The van der Waals surface area contributed by atoms with Gasteiger partial charge in [0.2, 0.25) is 0 Å². The Bertz CT molecular complexity index is 3390. The Kier molecular flexibility index (Phi) is 8.67. The second-order valence-corrected chi connectivity index (χ2v) is 20.3. The molecule has 0 heteroatoms. The van der Waals surface area contributed by atoms with Crippen LogP contribution >= 0.6 is 0 Å². The van der Waals surface area contributed by atoms with Crippen molar-refractivity contribution < 1.29 is 0 Å². The molecule has 0 amide bonds. The monoisotopic (exact) mass is 834 g/mol. The summed E-state index contributed by atoms with van der Waals surface area (Å²) in [4.78, 5) is 0. The van der Waals surface area contributed by atoms with Crippen molar-refractivity contribution in [3.05, 3.63) is 249 Å². The molecule has 9 aromatic carbocycles. The minimum absolute atomic E-state index is 0.115. The maximum atomic E-state index is 2.60. The van der Waals surface area contributed by atoms with Crippen molar-refractivity contribution in [2.45, 2.75) is 71.1 Å². The number of hydrogen-bond acceptors (Lipinski definition) is 0. The first-order chi connectivity index (χ1) is 31.4. The lowest BCUT2D eigenvalue weighted by atomic mass is 9.69. The molecule has 2 unspecified atom stereocenters. The van der Waals surface area contributed by atoms with Gasteiger partial charge in [0.05, 0.1) is 0 Å². The van der Waals surface area contributed by atoms with Crippen LogP contribution in [0.25, 0.3) is 66.8 Å². The van der Waals surface area contributed by atoms with Gasteiger partial charge >= 0.3 is 0 Å². The van der Waals surface area contributed by atoms with E-state index in [1.165, 1.54) is 128 Å². The average molecular weight is 835 g/mol. The molecule has 3 aliphatic rings. The molecule has 0 nitrogen and oxygen atoms in total. The highest BCUT2D eigenvalue weighted by molar-refractivity contribution is 5.93. The van der Waals surface area contributed by atoms with Crippen LogP contribution in [-0.4, -0.2) is 0 Å².